The summed E-state index contributed by atoms with van der Waals surface area (Å²) in [6.45, 7) is 1.88. The second-order valence-electron chi connectivity index (χ2n) is 6.07. The molecule has 3 rings (SSSR count). The molecule has 3 aromatic carbocycles. The second-order valence-corrected chi connectivity index (χ2v) is 6.07. The Kier molecular flexibility index (Phi) is 5.81. The van der Waals surface area contributed by atoms with Crippen molar-refractivity contribution in [2.24, 2.45) is 0 Å². The fourth-order valence-corrected chi connectivity index (χ4v) is 2.51. The Morgan fingerprint density at radius 1 is 1.00 bits per heavy atom. The molecular formula is C22H18N2O4. The number of nitrogens with zero attached hydrogens (tertiary/aromatic N) is 1. The molecule has 3 aromatic rings. The fourth-order valence-electron chi connectivity index (χ4n) is 2.51. The fraction of sp³-hybridized carbons (Fsp3) is 0.0455. The van der Waals surface area contributed by atoms with E-state index < -0.39 is 4.92 Å². The maximum Gasteiger partial charge on any atom is 0.270 e. The van der Waals surface area contributed by atoms with Crippen molar-refractivity contribution in [3.8, 4) is 11.5 Å². The van der Waals surface area contributed by atoms with Crippen LogP contribution in [0.1, 0.15) is 11.1 Å². The van der Waals surface area contributed by atoms with Crippen molar-refractivity contribution in [3.63, 3.8) is 0 Å². The average molecular weight is 374 g/mol. The van der Waals surface area contributed by atoms with Crippen LogP contribution in [0.3, 0.4) is 0 Å². The Hall–Kier alpha value is -3.93. The minimum Gasteiger partial charge on any atom is -0.457 e. The zero-order chi connectivity index (χ0) is 19.9. The smallest absolute Gasteiger partial charge is 0.270 e. The first-order valence-corrected chi connectivity index (χ1v) is 8.58. The molecular weight excluding hydrogens is 356 g/mol. The monoisotopic (exact) mass is 374 g/mol. The Morgan fingerprint density at radius 2 is 1.79 bits per heavy atom. The van der Waals surface area contributed by atoms with E-state index in [0.717, 1.165) is 5.56 Å². The quantitative estimate of drug-likeness (QED) is 0.358. The summed E-state index contributed by atoms with van der Waals surface area (Å²) in [5.74, 6) is 0.968. The van der Waals surface area contributed by atoms with Gasteiger partial charge in [-0.25, -0.2) is 0 Å². The number of nitro benzene ring substituents is 1. The van der Waals surface area contributed by atoms with E-state index in [1.807, 2.05) is 49.4 Å². The zero-order valence-electron chi connectivity index (χ0n) is 15.2. The number of amides is 1. The summed E-state index contributed by atoms with van der Waals surface area (Å²) in [5, 5.41) is 13.6. The van der Waals surface area contributed by atoms with Crippen molar-refractivity contribution >= 4 is 23.4 Å². The van der Waals surface area contributed by atoms with Gasteiger partial charge in [-0.2, -0.15) is 0 Å². The van der Waals surface area contributed by atoms with Crippen molar-refractivity contribution < 1.29 is 14.5 Å². The number of carbonyl (C=O) groups is 1. The van der Waals surface area contributed by atoms with Crippen molar-refractivity contribution in [3.05, 3.63) is 100 Å². The number of nitro groups is 1. The van der Waals surface area contributed by atoms with Crippen molar-refractivity contribution in [2.45, 2.75) is 6.92 Å². The number of carbonyl (C=O) groups excluding carboxylic acids is 1. The number of rotatable bonds is 6. The number of nitrogens with one attached hydrogen (secondary N) is 1. The number of anilines is 1. The van der Waals surface area contributed by atoms with E-state index in [4.69, 9.17) is 4.74 Å². The highest BCUT2D eigenvalue weighted by atomic mass is 16.6. The van der Waals surface area contributed by atoms with Crippen molar-refractivity contribution in [1.29, 1.82) is 0 Å². The maximum atomic E-state index is 12.3. The molecule has 0 spiro atoms. The van der Waals surface area contributed by atoms with Crippen LogP contribution in [0.25, 0.3) is 6.08 Å². The molecule has 0 aliphatic rings. The van der Waals surface area contributed by atoms with Crippen LogP contribution in [0.5, 0.6) is 11.5 Å². The van der Waals surface area contributed by atoms with Crippen molar-refractivity contribution in [2.75, 3.05) is 5.32 Å². The molecule has 0 radical (unpaired) electrons. The molecule has 0 aliphatic heterocycles. The molecule has 140 valence electrons. The molecule has 0 saturated carbocycles. The van der Waals surface area contributed by atoms with Gasteiger partial charge in [-0.1, -0.05) is 36.4 Å². The molecule has 0 fully saturated rings. The third-order valence-electron chi connectivity index (χ3n) is 3.95. The zero-order valence-corrected chi connectivity index (χ0v) is 15.2. The largest absolute Gasteiger partial charge is 0.457 e. The van der Waals surface area contributed by atoms with Gasteiger partial charge in [0.05, 0.1) is 4.92 Å². The first-order chi connectivity index (χ1) is 13.5. The Morgan fingerprint density at radius 3 is 2.54 bits per heavy atom. The van der Waals surface area contributed by atoms with Crippen LogP contribution in [0.15, 0.2) is 78.9 Å². The highest BCUT2D eigenvalue weighted by molar-refractivity contribution is 6.02. The van der Waals surface area contributed by atoms with Crippen molar-refractivity contribution in [1.82, 2.24) is 0 Å². The third kappa shape index (κ3) is 5.04. The molecule has 0 unspecified atom stereocenters. The number of para-hydroxylation sites is 1. The van der Waals surface area contributed by atoms with Gasteiger partial charge in [-0.3, -0.25) is 14.9 Å². The first kappa shape index (κ1) is 18.8. The van der Waals surface area contributed by atoms with E-state index in [0.29, 0.717) is 22.7 Å². The lowest BCUT2D eigenvalue weighted by Gasteiger charge is -2.10. The molecule has 0 bridgehead atoms. The lowest BCUT2D eigenvalue weighted by atomic mass is 10.1. The predicted molar refractivity (Wildman–Crippen MR) is 108 cm³/mol. The van der Waals surface area contributed by atoms with Gasteiger partial charge < -0.3 is 10.1 Å². The molecule has 0 aliphatic carbocycles. The molecule has 1 amide bonds. The SMILES string of the molecule is Cc1ccc(Oc2ccccc2)cc1NC(=O)/C=C/c1cccc([N+](=O)[O-])c1. The maximum absolute atomic E-state index is 12.3. The molecule has 0 atom stereocenters. The minimum absolute atomic E-state index is 0.0239. The van der Waals surface area contributed by atoms with E-state index in [1.54, 1.807) is 18.2 Å². The second kappa shape index (κ2) is 8.64. The summed E-state index contributed by atoms with van der Waals surface area (Å²) in [6.07, 6.45) is 2.87. The van der Waals surface area contributed by atoms with Crippen LogP contribution in [-0.4, -0.2) is 10.8 Å². The van der Waals surface area contributed by atoms with E-state index in [9.17, 15) is 14.9 Å². The molecule has 0 saturated heterocycles. The normalized spacial score (nSPS) is 10.6. The molecule has 28 heavy (non-hydrogen) atoms. The number of hydrogen-bond acceptors (Lipinski definition) is 4. The lowest BCUT2D eigenvalue weighted by Crippen LogP contribution is -2.09. The van der Waals surface area contributed by atoms with Gasteiger partial charge in [0.25, 0.3) is 5.69 Å². The number of non-ortho nitro benzene ring substituents is 1. The molecule has 1 N–H and O–H groups in total. The van der Waals surface area contributed by atoms with Gasteiger partial charge in [-0.15, -0.1) is 0 Å². The predicted octanol–water partition coefficient (Wildman–Crippen LogP) is 5.35. The van der Waals surface area contributed by atoms with E-state index >= 15 is 0 Å². The minimum atomic E-state index is -0.473. The van der Waals surface area contributed by atoms with Crippen LogP contribution in [0.2, 0.25) is 0 Å². The van der Waals surface area contributed by atoms with Crippen LogP contribution >= 0.6 is 0 Å². The van der Waals surface area contributed by atoms with E-state index in [-0.39, 0.29) is 11.6 Å². The summed E-state index contributed by atoms with van der Waals surface area (Å²) in [6, 6.07) is 20.9. The third-order valence-corrected chi connectivity index (χ3v) is 3.95. The Bertz CT molecular complexity index is 1030. The van der Waals surface area contributed by atoms with Gasteiger partial charge in [0.15, 0.2) is 0 Å². The highest BCUT2D eigenvalue weighted by Crippen LogP contribution is 2.26. The van der Waals surface area contributed by atoms with Gasteiger partial charge in [-0.05, 0) is 42.3 Å². The van der Waals surface area contributed by atoms with Crippen LogP contribution in [-0.2, 0) is 4.79 Å². The molecule has 6 nitrogen and oxygen atoms in total. The molecule has 0 heterocycles. The highest BCUT2D eigenvalue weighted by Gasteiger charge is 2.07. The Labute approximate surface area is 162 Å². The summed E-state index contributed by atoms with van der Waals surface area (Å²) < 4.78 is 5.79. The standard InChI is InChI=1S/C22H18N2O4/c1-16-10-12-20(28-19-8-3-2-4-9-19)15-21(16)23-22(25)13-11-17-6-5-7-18(14-17)24(26)27/h2-15H,1H3,(H,23,25)/b13-11+. The van der Waals surface area contributed by atoms with Crippen LogP contribution in [0.4, 0.5) is 11.4 Å². The number of benzene rings is 3. The lowest BCUT2D eigenvalue weighted by molar-refractivity contribution is -0.384. The van der Waals surface area contributed by atoms with Crippen LogP contribution < -0.4 is 10.1 Å². The summed E-state index contributed by atoms with van der Waals surface area (Å²) in [7, 11) is 0. The average Bonchev–Trinajstić information content (AvgIpc) is 2.70. The summed E-state index contributed by atoms with van der Waals surface area (Å²) >= 11 is 0. The van der Waals surface area contributed by atoms with E-state index in [1.165, 1.54) is 24.3 Å². The van der Waals surface area contributed by atoms with Gasteiger partial charge in [0, 0.05) is 30.0 Å². The van der Waals surface area contributed by atoms with Gasteiger partial charge >= 0.3 is 0 Å². The number of ether oxygens (including phenoxy) is 1. The first-order valence-electron chi connectivity index (χ1n) is 8.58. The van der Waals surface area contributed by atoms with Gasteiger partial charge in [0.2, 0.25) is 5.91 Å². The van der Waals surface area contributed by atoms with Crippen LogP contribution in [0, 0.1) is 17.0 Å². The summed E-state index contributed by atoms with van der Waals surface area (Å²) in [4.78, 5) is 22.6. The number of hydrogen-bond donors (Lipinski definition) is 1. The van der Waals surface area contributed by atoms with Gasteiger partial charge in [0.1, 0.15) is 11.5 Å². The van der Waals surface area contributed by atoms with E-state index in [2.05, 4.69) is 5.32 Å². The summed E-state index contributed by atoms with van der Waals surface area (Å²) in [5.41, 5.74) is 2.06. The number of aryl methyl sites for hydroxylation is 1. The Balaban J connectivity index is 1.70. The molecule has 0 aromatic heterocycles. The topological polar surface area (TPSA) is 81.5 Å². The molecule has 6 heteroatoms.